The Hall–Kier alpha value is 3.96. The van der Waals surface area contributed by atoms with Crippen LogP contribution in [-0.2, 0) is 0 Å². The van der Waals surface area contributed by atoms with E-state index in [2.05, 4.69) is 74.5 Å². The number of rotatable bonds is 0. The van der Waals surface area contributed by atoms with Gasteiger partial charge >= 0.3 is 0 Å². The van der Waals surface area contributed by atoms with Crippen molar-refractivity contribution in [3.05, 3.63) is 0 Å². The summed E-state index contributed by atoms with van der Waals surface area (Å²) < 4.78 is 0. The molecule has 0 aromatic rings. The van der Waals surface area contributed by atoms with E-state index in [0.717, 1.165) is 0 Å². The van der Waals surface area contributed by atoms with Crippen LogP contribution in [0.3, 0.4) is 0 Å². The minimum Gasteiger partial charge on any atom is -0.412 e. The molecule has 0 amide bonds. The van der Waals surface area contributed by atoms with E-state index in [1.165, 1.54) is 0 Å². The topological polar surface area (TPSA) is 31.5 Å². The molecule has 0 aromatic heterocycles. The molecule has 0 aliphatic heterocycles. The van der Waals surface area contributed by atoms with Crippen LogP contribution in [0, 0.1) is 0 Å². The summed E-state index contributed by atoms with van der Waals surface area (Å²) in [7, 11) is 0. The summed E-state index contributed by atoms with van der Waals surface area (Å²) in [6, 6.07) is 0. The molecule has 0 heterocycles. The largest absolute Gasteiger partial charge is 0.412 e. The molecule has 7 heavy (non-hydrogen) atoms. The SMILES string of the molecule is I.II.II.O.S. The molecule has 0 radical (unpaired) electrons. The van der Waals surface area contributed by atoms with E-state index in [0.29, 0.717) is 0 Å². The predicted octanol–water partition coefficient (Wildman–Crippen LogP) is 3.45. The van der Waals surface area contributed by atoms with Gasteiger partial charge in [-0.15, -0.1) is 24.0 Å². The van der Waals surface area contributed by atoms with E-state index < -0.39 is 0 Å². The summed E-state index contributed by atoms with van der Waals surface area (Å²) in [5.74, 6) is 0. The fourth-order valence-corrected chi connectivity index (χ4v) is 0. The van der Waals surface area contributed by atoms with Crippen LogP contribution in [0.2, 0.25) is 0 Å². The van der Waals surface area contributed by atoms with Crippen LogP contribution in [0.5, 0.6) is 0 Å². The molecule has 7 heteroatoms. The van der Waals surface area contributed by atoms with Gasteiger partial charge in [-0.05, 0) is 0 Å². The molecular formula is H5I5OS. The van der Waals surface area contributed by atoms with E-state index >= 15 is 0 Å². The van der Waals surface area contributed by atoms with E-state index in [9.17, 15) is 0 Å². The maximum absolute atomic E-state index is 2.12. The van der Waals surface area contributed by atoms with E-state index in [4.69, 9.17) is 0 Å². The van der Waals surface area contributed by atoms with Crippen LogP contribution in [-0.4, -0.2) is 5.48 Å². The highest BCUT2D eigenvalue weighted by Crippen LogP contribution is 1.89. The van der Waals surface area contributed by atoms with Gasteiger partial charge in [0.05, 0.1) is 0 Å². The summed E-state index contributed by atoms with van der Waals surface area (Å²) >= 11 is 8.48. The quantitative estimate of drug-likeness (QED) is 0.350. The first-order chi connectivity index (χ1) is 2.00. The molecule has 1 nitrogen and oxygen atoms in total. The lowest BCUT2D eigenvalue weighted by Gasteiger charge is -1.00. The minimum absolute atomic E-state index is 0. The van der Waals surface area contributed by atoms with Crippen LogP contribution < -0.4 is 0 Å². The smallest absolute Gasteiger partial charge is 0 e. The van der Waals surface area contributed by atoms with Crippen molar-refractivity contribution in [3.8, 4) is 0 Å². The molecule has 0 fully saturated rings. The maximum Gasteiger partial charge on any atom is 0 e. The molecule has 2 N–H and O–H groups in total. The summed E-state index contributed by atoms with van der Waals surface area (Å²) in [5.41, 5.74) is 0. The highest BCUT2D eigenvalue weighted by Gasteiger charge is 1.00. The minimum atomic E-state index is 0. The average molecular weight is 688 g/mol. The standard InChI is InChI=1S/2I2.HI.H2O.H2S/c2*1-2;;;/h;;1H;2*1H2. The van der Waals surface area contributed by atoms with Crippen molar-refractivity contribution in [1.82, 2.24) is 0 Å². The molecule has 0 atom stereocenters. The Morgan fingerprint density at radius 2 is 0.714 bits per heavy atom. The van der Waals surface area contributed by atoms with Crippen molar-refractivity contribution in [2.24, 2.45) is 0 Å². The molecule has 0 aliphatic rings. The highest BCUT2D eigenvalue weighted by atomic mass is 128. The maximum atomic E-state index is 2.12. The molecule has 52 valence electrons. The summed E-state index contributed by atoms with van der Waals surface area (Å²) in [4.78, 5) is 0. The second-order valence-corrected chi connectivity index (χ2v) is 0. The monoisotopic (exact) mass is 688 g/mol. The van der Waals surface area contributed by atoms with Gasteiger partial charge in [0.25, 0.3) is 0 Å². The Morgan fingerprint density at radius 1 is 0.714 bits per heavy atom. The van der Waals surface area contributed by atoms with E-state index in [1.54, 1.807) is 0 Å². The summed E-state index contributed by atoms with van der Waals surface area (Å²) in [6.07, 6.45) is 0. The average Bonchev–Trinajstić information content (AvgIpc) is 1.50. The van der Waals surface area contributed by atoms with Crippen molar-refractivity contribution in [3.63, 3.8) is 0 Å². The second kappa shape index (κ2) is 51.0. The molecule has 0 spiro atoms. The predicted molar refractivity (Wildman–Crippen MR) is 85.5 cm³/mol. The molecule has 0 unspecified atom stereocenters. The van der Waals surface area contributed by atoms with Crippen LogP contribution in [0.25, 0.3) is 0 Å². The normalized spacial score (nSPS) is 1.71. The van der Waals surface area contributed by atoms with Crippen molar-refractivity contribution >= 4 is 112 Å². The lowest BCUT2D eigenvalue weighted by Crippen LogP contribution is -0.289. The molecule has 0 aliphatic carbocycles. The van der Waals surface area contributed by atoms with Gasteiger partial charge in [-0.3, -0.25) is 0 Å². The first kappa shape index (κ1) is 30.6. The highest BCUT2D eigenvalue weighted by molar-refractivity contribution is 15.0. The molecule has 0 rings (SSSR count). The van der Waals surface area contributed by atoms with Gasteiger partial charge in [0.15, 0.2) is 0 Å². The zero-order valence-electron chi connectivity index (χ0n) is 2.92. The lowest BCUT2D eigenvalue weighted by atomic mass is 16.0. The van der Waals surface area contributed by atoms with Crippen molar-refractivity contribution in [2.75, 3.05) is 0 Å². The third-order valence-corrected chi connectivity index (χ3v) is 0. The molecular weight excluding hydrogens is 683 g/mol. The van der Waals surface area contributed by atoms with Crippen LogP contribution >= 0.6 is 112 Å². The Bertz CT molecular complexity index is 8.04. The van der Waals surface area contributed by atoms with Crippen LogP contribution in [0.4, 0.5) is 0 Å². The van der Waals surface area contributed by atoms with E-state index in [1.807, 2.05) is 0 Å². The van der Waals surface area contributed by atoms with Crippen LogP contribution in [0.1, 0.15) is 0 Å². The Morgan fingerprint density at radius 3 is 0.714 bits per heavy atom. The second-order valence-electron chi connectivity index (χ2n) is 0. The first-order valence-electron chi connectivity index (χ1n) is 0.286. The third kappa shape index (κ3) is 40.2. The summed E-state index contributed by atoms with van der Waals surface area (Å²) in [6.45, 7) is 0. The van der Waals surface area contributed by atoms with Gasteiger partial charge in [-0.25, -0.2) is 0 Å². The fraction of sp³-hybridized carbons (Fsp3) is 0. The fourth-order valence-electron chi connectivity index (χ4n) is 0. The van der Waals surface area contributed by atoms with Gasteiger partial charge < -0.3 is 5.48 Å². The van der Waals surface area contributed by atoms with E-state index in [-0.39, 0.29) is 42.9 Å². The molecule has 0 bridgehead atoms. The van der Waals surface area contributed by atoms with Crippen molar-refractivity contribution in [2.45, 2.75) is 0 Å². The zero-order valence-corrected chi connectivity index (χ0v) is 14.9. The van der Waals surface area contributed by atoms with Gasteiger partial charge in [0.1, 0.15) is 0 Å². The third-order valence-electron chi connectivity index (χ3n) is 0. The molecule has 0 saturated heterocycles. The van der Waals surface area contributed by atoms with Gasteiger partial charge in [0, 0.05) is 74.5 Å². The lowest BCUT2D eigenvalue weighted by molar-refractivity contribution is 0.824. The van der Waals surface area contributed by atoms with Gasteiger partial charge in [-0.2, -0.15) is 13.5 Å². The molecule has 0 saturated carbocycles. The number of halogens is 5. The Labute approximate surface area is 114 Å². The van der Waals surface area contributed by atoms with Crippen LogP contribution in [0.15, 0.2) is 0 Å². The van der Waals surface area contributed by atoms with Crippen molar-refractivity contribution in [1.29, 1.82) is 0 Å². The van der Waals surface area contributed by atoms with Gasteiger partial charge in [0.2, 0.25) is 0 Å². The Kier molecular flexibility index (Phi) is 223. The Balaban J connectivity index is -0.00000000267. The zero-order chi connectivity index (χ0) is 4.00. The number of hydrogen-bond donors (Lipinski definition) is 0. The number of hydrogen-bond acceptors (Lipinski definition) is 0. The van der Waals surface area contributed by atoms with Gasteiger partial charge in [-0.1, -0.05) is 0 Å². The summed E-state index contributed by atoms with van der Waals surface area (Å²) in [5, 5.41) is 0. The first-order valence-corrected chi connectivity index (χ1v) is 12.9. The molecule has 0 aromatic carbocycles. The van der Waals surface area contributed by atoms with Crippen molar-refractivity contribution < 1.29 is 5.48 Å².